The van der Waals surface area contributed by atoms with Gasteiger partial charge in [0.1, 0.15) is 0 Å². The summed E-state index contributed by atoms with van der Waals surface area (Å²) in [4.78, 5) is 0. The lowest BCUT2D eigenvalue weighted by atomic mass is 9.84. The Hall–Kier alpha value is -0.130. The Morgan fingerprint density at radius 2 is 2.00 bits per heavy atom. The summed E-state index contributed by atoms with van der Waals surface area (Å²) in [6, 6.07) is 9.88. The number of hydrogen-bond donors (Lipinski definition) is 2. The molecule has 3 nitrogen and oxygen atoms in total. The molecular formula is C19H30BrClN2O. The van der Waals surface area contributed by atoms with Gasteiger partial charge in [0.25, 0.3) is 0 Å². The van der Waals surface area contributed by atoms with Crippen LogP contribution in [0.2, 0.25) is 0 Å². The van der Waals surface area contributed by atoms with E-state index in [9.17, 15) is 0 Å². The molecule has 136 valence electrons. The standard InChI is InChI=1S/C19H29BrN2O.ClH/c1-19(2,14-6-8-15(20)9-7-14)13-22-17-5-3-4-16(17)18-12-23-11-10-21-18;/h6-9,16-18,21-22H,3-5,10-13H2,1-2H3;1H. The van der Waals surface area contributed by atoms with Crippen molar-refractivity contribution >= 4 is 28.3 Å². The maximum absolute atomic E-state index is 5.67. The molecule has 0 aromatic heterocycles. The first-order chi connectivity index (χ1) is 11.1. The molecule has 1 heterocycles. The van der Waals surface area contributed by atoms with Gasteiger partial charge in [0.2, 0.25) is 0 Å². The van der Waals surface area contributed by atoms with E-state index in [1.165, 1.54) is 24.8 Å². The fourth-order valence-electron chi connectivity index (χ4n) is 3.97. The predicted octanol–water partition coefficient (Wildman–Crippen LogP) is 3.90. The molecular weight excluding hydrogens is 388 g/mol. The maximum Gasteiger partial charge on any atom is 0.0623 e. The average Bonchev–Trinajstić information content (AvgIpc) is 3.03. The first-order valence-corrected chi connectivity index (χ1v) is 9.66. The SMILES string of the molecule is CC(C)(CNC1CCCC1C1COCCN1)c1ccc(Br)cc1.Cl. The van der Waals surface area contributed by atoms with Gasteiger partial charge in [0, 0.05) is 35.1 Å². The molecule has 3 unspecified atom stereocenters. The molecule has 1 saturated carbocycles. The van der Waals surface area contributed by atoms with Gasteiger partial charge in [-0.25, -0.2) is 0 Å². The third kappa shape index (κ3) is 4.95. The molecule has 3 rings (SSSR count). The van der Waals surface area contributed by atoms with Crippen LogP contribution in [-0.4, -0.2) is 38.4 Å². The van der Waals surface area contributed by atoms with Gasteiger partial charge in [-0.3, -0.25) is 0 Å². The van der Waals surface area contributed by atoms with Gasteiger partial charge >= 0.3 is 0 Å². The first-order valence-electron chi connectivity index (χ1n) is 8.87. The van der Waals surface area contributed by atoms with Crippen molar-refractivity contribution in [3.63, 3.8) is 0 Å². The molecule has 0 spiro atoms. The fraction of sp³-hybridized carbons (Fsp3) is 0.684. The minimum absolute atomic E-state index is 0. The lowest BCUT2D eigenvalue weighted by Crippen LogP contribution is -2.52. The Labute approximate surface area is 160 Å². The van der Waals surface area contributed by atoms with Crippen LogP contribution in [0.1, 0.15) is 38.7 Å². The number of hydrogen-bond acceptors (Lipinski definition) is 3. The summed E-state index contributed by atoms with van der Waals surface area (Å²) in [6.07, 6.45) is 3.94. The number of nitrogens with one attached hydrogen (secondary N) is 2. The molecule has 1 aromatic rings. The van der Waals surface area contributed by atoms with Crippen LogP contribution >= 0.6 is 28.3 Å². The second-order valence-electron chi connectivity index (χ2n) is 7.61. The molecule has 2 aliphatic rings. The van der Waals surface area contributed by atoms with E-state index in [2.05, 4.69) is 64.7 Å². The van der Waals surface area contributed by atoms with Crippen LogP contribution in [-0.2, 0) is 10.2 Å². The number of ether oxygens (including phenoxy) is 1. The molecule has 5 heteroatoms. The van der Waals surface area contributed by atoms with Crippen molar-refractivity contribution < 1.29 is 4.74 Å². The molecule has 2 N–H and O–H groups in total. The van der Waals surface area contributed by atoms with Gasteiger partial charge in [-0.2, -0.15) is 0 Å². The van der Waals surface area contributed by atoms with Crippen LogP contribution in [0.3, 0.4) is 0 Å². The molecule has 1 aliphatic heterocycles. The quantitative estimate of drug-likeness (QED) is 0.762. The summed E-state index contributed by atoms with van der Waals surface area (Å²) in [5.41, 5.74) is 1.53. The van der Waals surface area contributed by atoms with Crippen molar-refractivity contribution in [3.05, 3.63) is 34.3 Å². The van der Waals surface area contributed by atoms with E-state index in [-0.39, 0.29) is 17.8 Å². The van der Waals surface area contributed by atoms with Crippen LogP contribution in [0, 0.1) is 5.92 Å². The number of morpholine rings is 1. The smallest absolute Gasteiger partial charge is 0.0623 e. The van der Waals surface area contributed by atoms with Gasteiger partial charge in [-0.1, -0.05) is 48.3 Å². The summed E-state index contributed by atoms with van der Waals surface area (Å²) >= 11 is 3.52. The molecule has 2 fully saturated rings. The summed E-state index contributed by atoms with van der Waals surface area (Å²) in [5, 5.41) is 7.53. The normalized spacial score (nSPS) is 27.7. The van der Waals surface area contributed by atoms with Gasteiger partial charge in [-0.05, 0) is 36.5 Å². The summed E-state index contributed by atoms with van der Waals surface area (Å²) in [7, 11) is 0. The third-order valence-electron chi connectivity index (χ3n) is 5.47. The molecule has 0 amide bonds. The highest BCUT2D eigenvalue weighted by Crippen LogP contribution is 2.31. The highest BCUT2D eigenvalue weighted by molar-refractivity contribution is 9.10. The molecule has 3 atom stereocenters. The second kappa shape index (κ2) is 9.00. The topological polar surface area (TPSA) is 33.3 Å². The highest BCUT2D eigenvalue weighted by Gasteiger charge is 2.35. The van der Waals surface area contributed by atoms with Crippen molar-refractivity contribution in [2.24, 2.45) is 5.92 Å². The lowest BCUT2D eigenvalue weighted by Gasteiger charge is -2.35. The van der Waals surface area contributed by atoms with Crippen molar-refractivity contribution in [1.82, 2.24) is 10.6 Å². The molecule has 1 aromatic carbocycles. The van der Waals surface area contributed by atoms with E-state index in [0.29, 0.717) is 18.0 Å². The van der Waals surface area contributed by atoms with Crippen molar-refractivity contribution in [2.75, 3.05) is 26.3 Å². The van der Waals surface area contributed by atoms with Crippen LogP contribution < -0.4 is 10.6 Å². The Kier molecular flexibility index (Phi) is 7.57. The highest BCUT2D eigenvalue weighted by atomic mass is 79.9. The Bertz CT molecular complexity index is 503. The van der Waals surface area contributed by atoms with E-state index >= 15 is 0 Å². The monoisotopic (exact) mass is 416 g/mol. The maximum atomic E-state index is 5.67. The third-order valence-corrected chi connectivity index (χ3v) is 6.00. The summed E-state index contributed by atoms with van der Waals surface area (Å²) in [6.45, 7) is 8.41. The van der Waals surface area contributed by atoms with Gasteiger partial charge < -0.3 is 15.4 Å². The van der Waals surface area contributed by atoms with Crippen LogP contribution in [0.25, 0.3) is 0 Å². The first kappa shape index (κ1) is 20.2. The molecule has 1 aliphatic carbocycles. The predicted molar refractivity (Wildman–Crippen MR) is 106 cm³/mol. The number of benzene rings is 1. The van der Waals surface area contributed by atoms with Crippen LogP contribution in [0.5, 0.6) is 0 Å². The van der Waals surface area contributed by atoms with E-state index in [0.717, 1.165) is 30.8 Å². The van der Waals surface area contributed by atoms with E-state index in [1.807, 2.05) is 0 Å². The summed E-state index contributed by atoms with van der Waals surface area (Å²) in [5.74, 6) is 0.705. The van der Waals surface area contributed by atoms with Gasteiger partial charge in [0.15, 0.2) is 0 Å². The zero-order valence-electron chi connectivity index (χ0n) is 14.7. The molecule has 0 bridgehead atoms. The molecule has 24 heavy (non-hydrogen) atoms. The fourth-order valence-corrected chi connectivity index (χ4v) is 4.24. The van der Waals surface area contributed by atoms with Crippen LogP contribution in [0.4, 0.5) is 0 Å². The Morgan fingerprint density at radius 3 is 2.67 bits per heavy atom. The Balaban J connectivity index is 0.00000208. The van der Waals surface area contributed by atoms with Crippen molar-refractivity contribution in [3.8, 4) is 0 Å². The van der Waals surface area contributed by atoms with E-state index in [4.69, 9.17) is 4.74 Å². The summed E-state index contributed by atoms with van der Waals surface area (Å²) < 4.78 is 6.82. The molecule has 1 saturated heterocycles. The minimum atomic E-state index is 0. The zero-order chi connectivity index (χ0) is 16.3. The minimum Gasteiger partial charge on any atom is -0.379 e. The van der Waals surface area contributed by atoms with Crippen LogP contribution in [0.15, 0.2) is 28.7 Å². The lowest BCUT2D eigenvalue weighted by molar-refractivity contribution is 0.0522. The zero-order valence-corrected chi connectivity index (χ0v) is 17.1. The average molecular weight is 418 g/mol. The van der Waals surface area contributed by atoms with Crippen molar-refractivity contribution in [2.45, 2.75) is 50.6 Å². The number of halogens is 2. The second-order valence-corrected chi connectivity index (χ2v) is 8.52. The van der Waals surface area contributed by atoms with E-state index < -0.39 is 0 Å². The van der Waals surface area contributed by atoms with E-state index in [1.54, 1.807) is 0 Å². The number of rotatable bonds is 5. The van der Waals surface area contributed by atoms with Crippen molar-refractivity contribution in [1.29, 1.82) is 0 Å². The molecule has 0 radical (unpaired) electrons. The van der Waals surface area contributed by atoms with Gasteiger partial charge in [0.05, 0.1) is 13.2 Å². The van der Waals surface area contributed by atoms with Gasteiger partial charge in [-0.15, -0.1) is 12.4 Å². The Morgan fingerprint density at radius 1 is 1.25 bits per heavy atom. The largest absolute Gasteiger partial charge is 0.379 e.